The van der Waals surface area contributed by atoms with Crippen LogP contribution in [0.1, 0.15) is 12.0 Å². The Hall–Kier alpha value is -2.55. The van der Waals surface area contributed by atoms with Gasteiger partial charge in [-0.05, 0) is 30.2 Å². The molecule has 1 fully saturated rings. The van der Waals surface area contributed by atoms with Gasteiger partial charge in [0.15, 0.2) is 21.3 Å². The number of nitrogens with zero attached hydrogens (tertiary/aromatic N) is 3. The summed E-state index contributed by atoms with van der Waals surface area (Å²) in [6, 6.07) is 7.51. The molecular weight excluding hydrogens is 356 g/mol. The maximum atomic E-state index is 11.7. The first kappa shape index (κ1) is 16.9. The zero-order valence-corrected chi connectivity index (χ0v) is 15.2. The minimum absolute atomic E-state index is 0.0448. The van der Waals surface area contributed by atoms with Gasteiger partial charge >= 0.3 is 0 Å². The number of sulfone groups is 1. The van der Waals surface area contributed by atoms with Crippen LogP contribution < -0.4 is 19.7 Å². The monoisotopic (exact) mass is 376 g/mol. The SMILES string of the molecule is CN(c1ccnc(NCc2ccc3c(c2)OCO3)n1)C1CCS(=O)(=O)C1. The molecule has 2 aromatic rings. The van der Waals surface area contributed by atoms with Crippen molar-refractivity contribution < 1.29 is 17.9 Å². The standard InChI is InChI=1S/C17H20N4O4S/c1-21(13-5-7-26(22,23)10-13)16-4-6-18-17(20-16)19-9-12-2-3-14-15(8-12)25-11-24-14/h2-4,6,8,13H,5,7,9-11H2,1H3,(H,18,19,20). The molecule has 2 aliphatic rings. The van der Waals surface area contributed by atoms with Crippen molar-refractivity contribution in [2.45, 2.75) is 19.0 Å². The number of anilines is 2. The number of ether oxygens (including phenoxy) is 2. The number of fused-ring (bicyclic) bond motifs is 1. The summed E-state index contributed by atoms with van der Waals surface area (Å²) in [5, 5.41) is 3.19. The molecule has 138 valence electrons. The van der Waals surface area contributed by atoms with E-state index in [1.807, 2.05) is 30.1 Å². The molecule has 26 heavy (non-hydrogen) atoms. The van der Waals surface area contributed by atoms with E-state index in [-0.39, 0.29) is 24.3 Å². The topological polar surface area (TPSA) is 93.7 Å². The van der Waals surface area contributed by atoms with Gasteiger partial charge in [-0.15, -0.1) is 0 Å². The fourth-order valence-electron chi connectivity index (χ4n) is 3.13. The highest BCUT2D eigenvalue weighted by atomic mass is 32.2. The fraction of sp³-hybridized carbons (Fsp3) is 0.412. The lowest BCUT2D eigenvalue weighted by molar-refractivity contribution is 0.174. The van der Waals surface area contributed by atoms with Gasteiger partial charge in [-0.25, -0.2) is 13.4 Å². The highest BCUT2D eigenvalue weighted by molar-refractivity contribution is 7.91. The van der Waals surface area contributed by atoms with Crippen molar-refractivity contribution in [1.82, 2.24) is 9.97 Å². The molecule has 0 amide bonds. The number of hydrogen-bond acceptors (Lipinski definition) is 8. The van der Waals surface area contributed by atoms with E-state index >= 15 is 0 Å². The molecule has 1 N–H and O–H groups in total. The molecule has 3 heterocycles. The largest absolute Gasteiger partial charge is 0.454 e. The van der Waals surface area contributed by atoms with E-state index in [0.717, 1.165) is 17.1 Å². The lowest BCUT2D eigenvalue weighted by Gasteiger charge is -2.24. The van der Waals surface area contributed by atoms with E-state index in [9.17, 15) is 8.42 Å². The Bertz CT molecular complexity index is 919. The van der Waals surface area contributed by atoms with Crippen LogP contribution in [0, 0.1) is 0 Å². The zero-order chi connectivity index (χ0) is 18.1. The average molecular weight is 376 g/mol. The summed E-state index contributed by atoms with van der Waals surface area (Å²) in [5.74, 6) is 3.10. The van der Waals surface area contributed by atoms with Gasteiger partial charge in [0.05, 0.1) is 11.5 Å². The van der Waals surface area contributed by atoms with Gasteiger partial charge < -0.3 is 19.7 Å². The minimum Gasteiger partial charge on any atom is -0.454 e. The Balaban J connectivity index is 1.43. The van der Waals surface area contributed by atoms with E-state index in [4.69, 9.17) is 9.47 Å². The second-order valence-electron chi connectivity index (χ2n) is 6.45. The third kappa shape index (κ3) is 3.52. The summed E-state index contributed by atoms with van der Waals surface area (Å²) in [6.07, 6.45) is 2.30. The predicted molar refractivity (Wildman–Crippen MR) is 97.4 cm³/mol. The zero-order valence-electron chi connectivity index (χ0n) is 14.4. The van der Waals surface area contributed by atoms with Gasteiger partial charge in [0.25, 0.3) is 0 Å². The molecule has 0 bridgehead atoms. The van der Waals surface area contributed by atoms with Crippen molar-refractivity contribution in [2.24, 2.45) is 0 Å². The van der Waals surface area contributed by atoms with Gasteiger partial charge in [-0.3, -0.25) is 0 Å². The molecular formula is C17H20N4O4S. The van der Waals surface area contributed by atoms with E-state index in [2.05, 4.69) is 15.3 Å². The summed E-state index contributed by atoms with van der Waals surface area (Å²) >= 11 is 0. The van der Waals surface area contributed by atoms with Gasteiger partial charge in [-0.2, -0.15) is 4.98 Å². The Labute approximate surface area is 152 Å². The Morgan fingerprint density at radius 3 is 2.92 bits per heavy atom. The normalized spacial score (nSPS) is 20.1. The maximum absolute atomic E-state index is 11.7. The van der Waals surface area contributed by atoms with Crippen LogP contribution >= 0.6 is 0 Å². The van der Waals surface area contributed by atoms with Crippen molar-refractivity contribution in [3.05, 3.63) is 36.0 Å². The third-order valence-electron chi connectivity index (χ3n) is 4.65. The third-order valence-corrected chi connectivity index (χ3v) is 6.40. The first-order valence-electron chi connectivity index (χ1n) is 8.39. The van der Waals surface area contributed by atoms with E-state index in [1.165, 1.54) is 0 Å². The van der Waals surface area contributed by atoms with Crippen LogP contribution in [0.5, 0.6) is 11.5 Å². The molecule has 9 heteroatoms. The number of rotatable bonds is 5. The van der Waals surface area contributed by atoms with Crippen LogP contribution in [0.4, 0.5) is 11.8 Å². The maximum Gasteiger partial charge on any atom is 0.231 e. The van der Waals surface area contributed by atoms with Crippen LogP contribution in [0.3, 0.4) is 0 Å². The van der Waals surface area contributed by atoms with Gasteiger partial charge in [-0.1, -0.05) is 6.07 Å². The van der Waals surface area contributed by atoms with Gasteiger partial charge in [0.2, 0.25) is 12.7 Å². The van der Waals surface area contributed by atoms with E-state index in [0.29, 0.717) is 24.7 Å². The van der Waals surface area contributed by atoms with Crippen LogP contribution in [0.15, 0.2) is 30.5 Å². The highest BCUT2D eigenvalue weighted by Crippen LogP contribution is 2.32. The highest BCUT2D eigenvalue weighted by Gasteiger charge is 2.31. The second-order valence-corrected chi connectivity index (χ2v) is 8.68. The number of aromatic nitrogens is 2. The Morgan fingerprint density at radius 1 is 1.27 bits per heavy atom. The summed E-state index contributed by atoms with van der Waals surface area (Å²) in [5.41, 5.74) is 1.03. The van der Waals surface area contributed by atoms with Crippen molar-refractivity contribution >= 4 is 21.6 Å². The fourth-order valence-corrected chi connectivity index (χ4v) is 4.91. The Morgan fingerprint density at radius 2 is 2.12 bits per heavy atom. The van der Waals surface area contributed by atoms with Gasteiger partial charge in [0.1, 0.15) is 5.82 Å². The summed E-state index contributed by atoms with van der Waals surface area (Å²) < 4.78 is 34.1. The molecule has 0 saturated carbocycles. The number of benzene rings is 1. The number of nitrogens with one attached hydrogen (secondary N) is 1. The van der Waals surface area contributed by atoms with Crippen molar-refractivity contribution in [2.75, 3.05) is 35.6 Å². The average Bonchev–Trinajstić information content (AvgIpc) is 3.25. The molecule has 1 saturated heterocycles. The van der Waals surface area contributed by atoms with Crippen LogP contribution in [-0.2, 0) is 16.4 Å². The first-order chi connectivity index (χ1) is 12.5. The molecule has 1 unspecified atom stereocenters. The summed E-state index contributed by atoms with van der Waals surface area (Å²) in [4.78, 5) is 10.7. The molecule has 0 aliphatic carbocycles. The van der Waals surface area contributed by atoms with E-state index in [1.54, 1.807) is 12.3 Å². The first-order valence-corrected chi connectivity index (χ1v) is 10.2. The minimum atomic E-state index is -2.93. The van der Waals surface area contributed by atoms with Crippen molar-refractivity contribution in [3.8, 4) is 11.5 Å². The van der Waals surface area contributed by atoms with Crippen molar-refractivity contribution in [3.63, 3.8) is 0 Å². The van der Waals surface area contributed by atoms with Crippen LogP contribution in [0.2, 0.25) is 0 Å². The van der Waals surface area contributed by atoms with Crippen molar-refractivity contribution in [1.29, 1.82) is 0 Å². The lowest BCUT2D eigenvalue weighted by atomic mass is 10.2. The molecule has 0 spiro atoms. The molecule has 2 aliphatic heterocycles. The Kier molecular flexibility index (Phi) is 4.31. The molecule has 0 radical (unpaired) electrons. The summed E-state index contributed by atoms with van der Waals surface area (Å²) in [6.45, 7) is 0.794. The van der Waals surface area contributed by atoms with Crippen LogP contribution in [0.25, 0.3) is 0 Å². The predicted octanol–water partition coefficient (Wildman–Crippen LogP) is 1.44. The number of hydrogen-bond donors (Lipinski definition) is 1. The lowest BCUT2D eigenvalue weighted by Crippen LogP contribution is -2.33. The van der Waals surface area contributed by atoms with Crippen LogP contribution in [-0.4, -0.2) is 49.8 Å². The second kappa shape index (κ2) is 6.64. The molecule has 1 aromatic carbocycles. The van der Waals surface area contributed by atoms with E-state index < -0.39 is 9.84 Å². The smallest absolute Gasteiger partial charge is 0.231 e. The molecule has 8 nitrogen and oxygen atoms in total. The quantitative estimate of drug-likeness (QED) is 0.838. The molecule has 1 aromatic heterocycles. The summed E-state index contributed by atoms with van der Waals surface area (Å²) in [7, 11) is -1.06. The molecule has 4 rings (SSSR count). The van der Waals surface area contributed by atoms with Gasteiger partial charge in [0, 0.05) is 25.8 Å². The molecule has 1 atom stereocenters.